The molecule has 0 radical (unpaired) electrons. The lowest BCUT2D eigenvalue weighted by atomic mass is 10.0. The molecule has 1 amide bonds. The molecule has 5 heteroatoms. The first kappa shape index (κ1) is 16.5. The van der Waals surface area contributed by atoms with E-state index in [1.165, 1.54) is 12.3 Å². The molecule has 1 heterocycles. The fourth-order valence-electron chi connectivity index (χ4n) is 2.61. The van der Waals surface area contributed by atoms with Crippen LogP contribution in [0.15, 0.2) is 72.9 Å². The number of pyridine rings is 1. The number of hydrogen-bond donors (Lipinski definition) is 1. The Bertz CT molecular complexity index is 879. The summed E-state index contributed by atoms with van der Waals surface area (Å²) in [6, 6.07) is 20.1. The molecule has 0 saturated heterocycles. The van der Waals surface area contributed by atoms with Gasteiger partial charge in [0.2, 0.25) is 0 Å². The highest BCUT2D eigenvalue weighted by molar-refractivity contribution is 6.01. The van der Waals surface area contributed by atoms with Gasteiger partial charge in [-0.15, -0.1) is 0 Å². The fraction of sp³-hybridized carbons (Fsp3) is 0.100. The largest absolute Gasteiger partial charge is 0.618 e. The van der Waals surface area contributed by atoms with Crippen molar-refractivity contribution >= 4 is 11.6 Å². The second-order valence-corrected chi connectivity index (χ2v) is 5.55. The van der Waals surface area contributed by atoms with Gasteiger partial charge in [0.1, 0.15) is 5.75 Å². The second kappa shape index (κ2) is 7.49. The van der Waals surface area contributed by atoms with Gasteiger partial charge >= 0.3 is 5.91 Å². The molecule has 0 aliphatic heterocycles. The molecule has 2 aromatic carbocycles. The molecule has 1 aromatic heterocycles. The molecule has 0 atom stereocenters. The minimum Gasteiger partial charge on any atom is -0.618 e. The zero-order chi connectivity index (χ0) is 17.6. The van der Waals surface area contributed by atoms with Crippen molar-refractivity contribution in [2.75, 3.05) is 12.4 Å². The first-order valence-corrected chi connectivity index (χ1v) is 7.88. The van der Waals surface area contributed by atoms with E-state index in [2.05, 4.69) is 5.32 Å². The maximum Gasteiger partial charge on any atom is 0.321 e. The number of carbonyl (C=O) groups is 1. The summed E-state index contributed by atoms with van der Waals surface area (Å²) in [4.78, 5) is 12.3. The van der Waals surface area contributed by atoms with Crippen LogP contribution >= 0.6 is 0 Å². The van der Waals surface area contributed by atoms with E-state index < -0.39 is 5.91 Å². The summed E-state index contributed by atoms with van der Waals surface area (Å²) in [5, 5.41) is 14.5. The van der Waals surface area contributed by atoms with Gasteiger partial charge in [0.15, 0.2) is 6.20 Å². The van der Waals surface area contributed by atoms with Crippen LogP contribution in [0.4, 0.5) is 5.69 Å². The van der Waals surface area contributed by atoms with E-state index in [1.54, 1.807) is 25.3 Å². The third-order valence-electron chi connectivity index (χ3n) is 3.83. The molecule has 0 unspecified atom stereocenters. The van der Waals surface area contributed by atoms with Crippen molar-refractivity contribution in [3.63, 3.8) is 0 Å². The Hall–Kier alpha value is -3.34. The van der Waals surface area contributed by atoms with Gasteiger partial charge in [-0.25, -0.2) is 0 Å². The van der Waals surface area contributed by atoms with E-state index in [0.29, 0.717) is 16.8 Å². The normalized spacial score (nSPS) is 10.3. The zero-order valence-corrected chi connectivity index (χ0v) is 13.8. The van der Waals surface area contributed by atoms with Crippen molar-refractivity contribution in [1.29, 1.82) is 0 Å². The number of aromatic nitrogens is 1. The summed E-state index contributed by atoms with van der Waals surface area (Å²) in [6.45, 7) is 0. The Kier molecular flexibility index (Phi) is 4.95. The number of benzene rings is 2. The maximum absolute atomic E-state index is 12.3. The SMILES string of the molecule is COc1ccc(NC(=O)c2cccc[n+]2[O-])cc1Cc1ccccc1. The number of carbonyl (C=O) groups excluding carboxylic acids is 1. The number of hydrogen-bond acceptors (Lipinski definition) is 3. The Morgan fingerprint density at radius 3 is 2.56 bits per heavy atom. The van der Waals surface area contributed by atoms with Gasteiger partial charge in [-0.1, -0.05) is 30.3 Å². The van der Waals surface area contributed by atoms with Crippen molar-refractivity contribution in [3.05, 3.63) is 95.0 Å². The van der Waals surface area contributed by atoms with Gasteiger partial charge in [-0.3, -0.25) is 4.79 Å². The summed E-state index contributed by atoms with van der Waals surface area (Å²) in [7, 11) is 1.62. The molecule has 1 N–H and O–H groups in total. The highest BCUT2D eigenvalue weighted by atomic mass is 16.5. The molecule has 0 saturated carbocycles. The number of nitrogens with zero attached hydrogens (tertiary/aromatic N) is 1. The standard InChI is InChI=1S/C20H18N2O3/c1-25-19-11-10-17(14-16(19)13-15-7-3-2-4-8-15)21-20(23)18-9-5-6-12-22(18)24/h2-12,14H,13H2,1H3,(H,21,23). The second-order valence-electron chi connectivity index (χ2n) is 5.55. The van der Waals surface area contributed by atoms with Crippen molar-refractivity contribution in [3.8, 4) is 5.75 Å². The highest BCUT2D eigenvalue weighted by Crippen LogP contribution is 2.25. The predicted octanol–water partition coefficient (Wildman–Crippen LogP) is 3.17. The van der Waals surface area contributed by atoms with Gasteiger partial charge in [0.05, 0.1) is 7.11 Å². The van der Waals surface area contributed by atoms with Crippen LogP contribution in [-0.2, 0) is 6.42 Å². The lowest BCUT2D eigenvalue weighted by Crippen LogP contribution is -2.36. The van der Waals surface area contributed by atoms with Crippen LogP contribution in [-0.4, -0.2) is 13.0 Å². The quantitative estimate of drug-likeness (QED) is 0.576. The van der Waals surface area contributed by atoms with Crippen LogP contribution in [0.25, 0.3) is 0 Å². The summed E-state index contributed by atoms with van der Waals surface area (Å²) in [5.74, 6) is 0.298. The zero-order valence-electron chi connectivity index (χ0n) is 13.8. The van der Waals surface area contributed by atoms with Crippen LogP contribution in [0.3, 0.4) is 0 Å². The van der Waals surface area contributed by atoms with Crippen molar-refractivity contribution in [2.24, 2.45) is 0 Å². The van der Waals surface area contributed by atoms with Gasteiger partial charge < -0.3 is 15.3 Å². The molecule has 25 heavy (non-hydrogen) atoms. The molecule has 3 rings (SSSR count). The third kappa shape index (κ3) is 3.95. The molecule has 3 aromatic rings. The molecule has 0 spiro atoms. The number of rotatable bonds is 5. The molecular weight excluding hydrogens is 316 g/mol. The van der Waals surface area contributed by atoms with Gasteiger partial charge in [0.25, 0.3) is 5.69 Å². The Morgan fingerprint density at radius 2 is 1.84 bits per heavy atom. The smallest absolute Gasteiger partial charge is 0.321 e. The van der Waals surface area contributed by atoms with E-state index in [1.807, 2.05) is 42.5 Å². The first-order valence-electron chi connectivity index (χ1n) is 7.88. The van der Waals surface area contributed by atoms with E-state index in [-0.39, 0.29) is 5.69 Å². The number of amides is 1. The van der Waals surface area contributed by atoms with E-state index in [9.17, 15) is 10.0 Å². The first-order chi connectivity index (χ1) is 12.2. The summed E-state index contributed by atoms with van der Waals surface area (Å²) < 4.78 is 5.96. The van der Waals surface area contributed by atoms with Crippen LogP contribution in [0.1, 0.15) is 21.6 Å². The summed E-state index contributed by atoms with van der Waals surface area (Å²) in [5.41, 5.74) is 2.75. The minimum absolute atomic E-state index is 0.0444. The predicted molar refractivity (Wildman–Crippen MR) is 95.6 cm³/mol. The Labute approximate surface area is 146 Å². The Balaban J connectivity index is 1.84. The van der Waals surface area contributed by atoms with Crippen LogP contribution < -0.4 is 14.8 Å². The number of ether oxygens (including phenoxy) is 1. The van der Waals surface area contributed by atoms with Crippen LogP contribution in [0.5, 0.6) is 5.75 Å². The van der Waals surface area contributed by atoms with E-state index in [0.717, 1.165) is 16.9 Å². The van der Waals surface area contributed by atoms with Crippen molar-refractivity contribution in [2.45, 2.75) is 6.42 Å². The average molecular weight is 334 g/mol. The van der Waals surface area contributed by atoms with Gasteiger partial charge in [-0.2, -0.15) is 4.73 Å². The van der Waals surface area contributed by atoms with Gasteiger partial charge in [0, 0.05) is 29.8 Å². The maximum atomic E-state index is 12.3. The molecule has 0 bridgehead atoms. The molecule has 5 nitrogen and oxygen atoms in total. The number of anilines is 1. The molecule has 0 aliphatic carbocycles. The van der Waals surface area contributed by atoms with Gasteiger partial charge in [-0.05, 0) is 29.8 Å². The van der Waals surface area contributed by atoms with Crippen LogP contribution in [0.2, 0.25) is 0 Å². The highest BCUT2D eigenvalue weighted by Gasteiger charge is 2.16. The monoisotopic (exact) mass is 334 g/mol. The number of methoxy groups -OCH3 is 1. The lowest BCUT2D eigenvalue weighted by molar-refractivity contribution is -0.607. The van der Waals surface area contributed by atoms with Crippen molar-refractivity contribution in [1.82, 2.24) is 0 Å². The average Bonchev–Trinajstić information content (AvgIpc) is 2.63. The number of nitrogens with one attached hydrogen (secondary N) is 1. The summed E-state index contributed by atoms with van der Waals surface area (Å²) >= 11 is 0. The topological polar surface area (TPSA) is 65.3 Å². The van der Waals surface area contributed by atoms with E-state index >= 15 is 0 Å². The Morgan fingerprint density at radius 1 is 1.08 bits per heavy atom. The molecular formula is C20H18N2O3. The summed E-state index contributed by atoms with van der Waals surface area (Å²) in [6.07, 6.45) is 1.98. The molecule has 0 aliphatic rings. The molecule has 0 fully saturated rings. The molecule has 126 valence electrons. The van der Waals surface area contributed by atoms with Crippen molar-refractivity contribution < 1.29 is 14.3 Å². The minimum atomic E-state index is -0.452. The third-order valence-corrected chi connectivity index (χ3v) is 3.83. The fourth-order valence-corrected chi connectivity index (χ4v) is 2.61. The van der Waals surface area contributed by atoms with Crippen LogP contribution in [0, 0.1) is 5.21 Å². The van der Waals surface area contributed by atoms with E-state index in [4.69, 9.17) is 4.74 Å². The lowest BCUT2D eigenvalue weighted by Gasteiger charge is -2.12.